The summed E-state index contributed by atoms with van der Waals surface area (Å²) in [5.41, 5.74) is 0.639. The van der Waals surface area contributed by atoms with Crippen LogP contribution in [-0.2, 0) is 9.53 Å². The average molecular weight is 249 g/mol. The van der Waals surface area contributed by atoms with Crippen molar-refractivity contribution in [2.24, 2.45) is 0 Å². The third-order valence-corrected chi connectivity index (χ3v) is 2.90. The highest BCUT2D eigenvalue weighted by Crippen LogP contribution is 2.19. The van der Waals surface area contributed by atoms with Crippen LogP contribution in [0.5, 0.6) is 0 Å². The molecule has 0 aliphatic carbocycles. The molecule has 1 aromatic rings. The molecule has 0 aromatic heterocycles. The van der Waals surface area contributed by atoms with Crippen LogP contribution in [0.3, 0.4) is 0 Å². The van der Waals surface area contributed by atoms with Crippen molar-refractivity contribution in [1.29, 1.82) is 5.26 Å². The summed E-state index contributed by atoms with van der Waals surface area (Å²) >= 11 is 1.55. The van der Waals surface area contributed by atoms with Crippen molar-refractivity contribution in [2.75, 3.05) is 5.75 Å². The number of thioether (sulfide) groups is 1. The van der Waals surface area contributed by atoms with E-state index in [4.69, 9.17) is 10.00 Å². The van der Waals surface area contributed by atoms with Gasteiger partial charge in [0, 0.05) is 10.6 Å². The van der Waals surface area contributed by atoms with Crippen molar-refractivity contribution < 1.29 is 9.53 Å². The molecule has 3 nitrogen and oxygen atoms in total. The molecule has 1 aromatic carbocycles. The second-order valence-corrected chi connectivity index (χ2v) is 4.95. The molecule has 0 saturated heterocycles. The molecule has 0 aliphatic rings. The zero-order chi connectivity index (χ0) is 12.7. The largest absolute Gasteiger partial charge is 0.463 e. The molecule has 0 radical (unpaired) electrons. The maximum Gasteiger partial charge on any atom is 0.306 e. The number of carbonyl (C=O) groups excluding carboxylic acids is 1. The van der Waals surface area contributed by atoms with Crippen LogP contribution >= 0.6 is 11.8 Å². The lowest BCUT2D eigenvalue weighted by Crippen LogP contribution is -2.11. The highest BCUT2D eigenvalue weighted by atomic mass is 32.2. The van der Waals surface area contributed by atoms with Gasteiger partial charge in [-0.15, -0.1) is 11.8 Å². The van der Waals surface area contributed by atoms with E-state index < -0.39 is 0 Å². The molecule has 0 saturated carbocycles. The Bertz CT molecular complexity index is 424. The number of carbonyl (C=O) groups is 1. The first-order chi connectivity index (χ1) is 8.11. The molecule has 1 rings (SSSR count). The molecule has 0 fully saturated rings. The number of esters is 1. The Morgan fingerprint density at radius 2 is 2.29 bits per heavy atom. The third kappa shape index (κ3) is 5.41. The number of rotatable bonds is 5. The predicted molar refractivity (Wildman–Crippen MR) is 67.7 cm³/mol. The quantitative estimate of drug-likeness (QED) is 0.594. The molecular weight excluding hydrogens is 234 g/mol. The van der Waals surface area contributed by atoms with Crippen molar-refractivity contribution in [3.05, 3.63) is 29.8 Å². The van der Waals surface area contributed by atoms with E-state index in [9.17, 15) is 4.79 Å². The topological polar surface area (TPSA) is 50.1 Å². The van der Waals surface area contributed by atoms with Gasteiger partial charge in [0.25, 0.3) is 0 Å². The first-order valence-electron chi connectivity index (χ1n) is 5.44. The fourth-order valence-corrected chi connectivity index (χ4v) is 2.12. The average Bonchev–Trinajstić information content (AvgIpc) is 2.28. The minimum atomic E-state index is -0.177. The van der Waals surface area contributed by atoms with Crippen molar-refractivity contribution >= 4 is 17.7 Å². The normalized spacial score (nSPS) is 10.0. The van der Waals surface area contributed by atoms with Gasteiger partial charge in [-0.3, -0.25) is 4.79 Å². The van der Waals surface area contributed by atoms with Gasteiger partial charge in [0.15, 0.2) is 0 Å². The van der Waals surface area contributed by atoms with E-state index in [0.29, 0.717) is 17.7 Å². The Hall–Kier alpha value is -1.47. The summed E-state index contributed by atoms with van der Waals surface area (Å²) in [6.45, 7) is 3.67. The molecule has 0 spiro atoms. The number of nitriles is 1. The van der Waals surface area contributed by atoms with Crippen LogP contribution in [0, 0.1) is 11.3 Å². The zero-order valence-electron chi connectivity index (χ0n) is 9.97. The van der Waals surface area contributed by atoms with Gasteiger partial charge in [-0.2, -0.15) is 5.26 Å². The summed E-state index contributed by atoms with van der Waals surface area (Å²) in [6.07, 6.45) is 0.328. The van der Waals surface area contributed by atoms with E-state index in [1.807, 2.05) is 32.0 Å². The molecule has 17 heavy (non-hydrogen) atoms. The maximum absolute atomic E-state index is 11.3. The molecule has 90 valence electrons. The Balaban J connectivity index is 2.36. The predicted octanol–water partition coefficient (Wildman–Crippen LogP) is 2.99. The number of benzene rings is 1. The van der Waals surface area contributed by atoms with Crippen molar-refractivity contribution in [2.45, 2.75) is 31.3 Å². The number of ether oxygens (including phenoxy) is 1. The van der Waals surface area contributed by atoms with Crippen LogP contribution in [0.15, 0.2) is 29.2 Å². The van der Waals surface area contributed by atoms with E-state index in [0.717, 1.165) is 4.90 Å². The van der Waals surface area contributed by atoms with E-state index in [1.54, 1.807) is 17.8 Å². The summed E-state index contributed by atoms with van der Waals surface area (Å²) < 4.78 is 5.03. The summed E-state index contributed by atoms with van der Waals surface area (Å²) in [7, 11) is 0. The minimum Gasteiger partial charge on any atom is -0.463 e. The fourth-order valence-electron chi connectivity index (χ4n) is 1.23. The van der Waals surface area contributed by atoms with Crippen molar-refractivity contribution in [3.8, 4) is 6.07 Å². The molecular formula is C13H15NO2S. The first-order valence-corrected chi connectivity index (χ1v) is 6.43. The zero-order valence-corrected chi connectivity index (χ0v) is 10.8. The molecule has 0 N–H and O–H groups in total. The first kappa shape index (κ1) is 13.6. The second kappa shape index (κ2) is 6.97. The Kier molecular flexibility index (Phi) is 5.58. The van der Waals surface area contributed by atoms with Crippen LogP contribution in [0.4, 0.5) is 0 Å². The molecule has 0 atom stereocenters. The Morgan fingerprint density at radius 1 is 1.53 bits per heavy atom. The molecule has 0 heterocycles. The smallest absolute Gasteiger partial charge is 0.306 e. The molecule has 0 bridgehead atoms. The van der Waals surface area contributed by atoms with E-state index in [1.165, 1.54) is 0 Å². The lowest BCUT2D eigenvalue weighted by atomic mass is 10.2. The summed E-state index contributed by atoms with van der Waals surface area (Å²) in [5, 5.41) is 8.74. The molecule has 0 unspecified atom stereocenters. The van der Waals surface area contributed by atoms with Crippen LogP contribution in [-0.4, -0.2) is 17.8 Å². The summed E-state index contributed by atoms with van der Waals surface area (Å²) in [5.74, 6) is 0.490. The highest BCUT2D eigenvalue weighted by Gasteiger charge is 2.05. The van der Waals surface area contributed by atoms with Crippen LogP contribution < -0.4 is 0 Å². The monoisotopic (exact) mass is 249 g/mol. The van der Waals surface area contributed by atoms with Gasteiger partial charge >= 0.3 is 5.97 Å². The van der Waals surface area contributed by atoms with Gasteiger partial charge in [0.05, 0.1) is 24.2 Å². The van der Waals surface area contributed by atoms with Gasteiger partial charge in [0.1, 0.15) is 0 Å². The lowest BCUT2D eigenvalue weighted by Gasteiger charge is -2.07. The number of hydrogen-bond acceptors (Lipinski definition) is 4. The van der Waals surface area contributed by atoms with Crippen molar-refractivity contribution in [1.82, 2.24) is 0 Å². The molecule has 0 aliphatic heterocycles. The van der Waals surface area contributed by atoms with Gasteiger partial charge in [-0.25, -0.2) is 0 Å². The van der Waals surface area contributed by atoms with Crippen LogP contribution in [0.2, 0.25) is 0 Å². The van der Waals surface area contributed by atoms with Gasteiger partial charge in [0.2, 0.25) is 0 Å². The Morgan fingerprint density at radius 3 is 2.94 bits per heavy atom. The minimum absolute atomic E-state index is 0.0607. The molecule has 0 amide bonds. The molecule has 4 heteroatoms. The van der Waals surface area contributed by atoms with Crippen LogP contribution in [0.25, 0.3) is 0 Å². The summed E-state index contributed by atoms with van der Waals surface area (Å²) in [6, 6.07) is 9.44. The summed E-state index contributed by atoms with van der Waals surface area (Å²) in [4.78, 5) is 12.3. The highest BCUT2D eigenvalue weighted by molar-refractivity contribution is 7.99. The van der Waals surface area contributed by atoms with E-state index >= 15 is 0 Å². The van der Waals surface area contributed by atoms with E-state index in [-0.39, 0.29) is 12.1 Å². The second-order valence-electron chi connectivity index (χ2n) is 3.78. The maximum atomic E-state index is 11.3. The van der Waals surface area contributed by atoms with E-state index in [2.05, 4.69) is 6.07 Å². The number of hydrogen-bond donors (Lipinski definition) is 0. The SMILES string of the molecule is CC(C)OC(=O)CCSc1cccc(C#N)c1. The fraction of sp³-hybridized carbons (Fsp3) is 0.385. The van der Waals surface area contributed by atoms with Crippen LogP contribution in [0.1, 0.15) is 25.8 Å². The van der Waals surface area contributed by atoms with Crippen molar-refractivity contribution in [3.63, 3.8) is 0 Å². The Labute approximate surface area is 106 Å². The third-order valence-electron chi connectivity index (χ3n) is 1.91. The van der Waals surface area contributed by atoms with Gasteiger partial charge in [-0.05, 0) is 32.0 Å². The number of nitrogens with zero attached hydrogens (tertiary/aromatic N) is 1. The van der Waals surface area contributed by atoms with Gasteiger partial charge in [-0.1, -0.05) is 6.07 Å². The van der Waals surface area contributed by atoms with Gasteiger partial charge < -0.3 is 4.74 Å². The standard InChI is InChI=1S/C13H15NO2S/c1-10(2)16-13(15)6-7-17-12-5-3-4-11(8-12)9-14/h3-5,8,10H,6-7H2,1-2H3. The lowest BCUT2D eigenvalue weighted by molar-refractivity contribution is -0.146.